The van der Waals surface area contributed by atoms with Crippen molar-refractivity contribution >= 4 is 27.1 Å². The third-order valence-corrected chi connectivity index (χ3v) is 4.37. The van der Waals surface area contributed by atoms with E-state index in [4.69, 9.17) is 16.0 Å². The summed E-state index contributed by atoms with van der Waals surface area (Å²) in [5, 5.41) is 3.63. The first-order valence-corrected chi connectivity index (χ1v) is 8.37. The third kappa shape index (κ3) is 3.35. The maximum Gasteiger partial charge on any atom is 0.175 e. The van der Waals surface area contributed by atoms with E-state index in [9.17, 15) is 8.42 Å². The van der Waals surface area contributed by atoms with Crippen LogP contribution in [0.2, 0.25) is 5.02 Å². The Labute approximate surface area is 123 Å². The van der Waals surface area contributed by atoms with Crippen LogP contribution in [-0.4, -0.2) is 14.7 Å². The summed E-state index contributed by atoms with van der Waals surface area (Å²) in [5.41, 5.74) is 0.566. The normalized spacial score (nSPS) is 13.2. The Balaban J connectivity index is 2.29. The van der Waals surface area contributed by atoms with E-state index >= 15 is 0 Å². The highest BCUT2D eigenvalue weighted by molar-refractivity contribution is 7.90. The first-order valence-electron chi connectivity index (χ1n) is 6.10. The van der Waals surface area contributed by atoms with E-state index in [0.29, 0.717) is 10.7 Å². The van der Waals surface area contributed by atoms with Gasteiger partial charge in [-0.25, -0.2) is 8.42 Å². The van der Waals surface area contributed by atoms with Crippen molar-refractivity contribution in [2.24, 2.45) is 0 Å². The number of furan rings is 1. The van der Waals surface area contributed by atoms with E-state index in [1.54, 1.807) is 6.07 Å². The molecule has 20 heavy (non-hydrogen) atoms. The zero-order valence-electron chi connectivity index (χ0n) is 11.5. The quantitative estimate of drug-likeness (QED) is 0.932. The first kappa shape index (κ1) is 14.9. The second-order valence-electron chi connectivity index (χ2n) is 4.73. The van der Waals surface area contributed by atoms with E-state index < -0.39 is 9.84 Å². The molecule has 0 aliphatic carbocycles. The highest BCUT2D eigenvalue weighted by atomic mass is 35.5. The summed E-state index contributed by atoms with van der Waals surface area (Å²) in [6, 6.07) is 8.23. The maximum absolute atomic E-state index is 11.6. The van der Waals surface area contributed by atoms with Crippen LogP contribution in [0, 0.1) is 6.92 Å². The van der Waals surface area contributed by atoms with Crippen molar-refractivity contribution in [1.82, 2.24) is 0 Å². The zero-order valence-corrected chi connectivity index (χ0v) is 13.0. The highest BCUT2D eigenvalue weighted by Crippen LogP contribution is 2.29. The molecule has 0 saturated carbocycles. The molecule has 0 amide bonds. The molecule has 0 saturated heterocycles. The lowest BCUT2D eigenvalue weighted by atomic mass is 10.2. The number of halogens is 1. The molecule has 1 aromatic carbocycles. The summed E-state index contributed by atoms with van der Waals surface area (Å²) in [5.74, 6) is 1.59. The number of hydrogen-bond acceptors (Lipinski definition) is 4. The number of anilines is 1. The molecule has 1 atom stereocenters. The van der Waals surface area contributed by atoms with Gasteiger partial charge in [0.1, 0.15) is 11.5 Å². The predicted octanol–water partition coefficient (Wildman–Crippen LogP) is 3.82. The summed E-state index contributed by atoms with van der Waals surface area (Å²) in [6.07, 6.45) is 1.17. The molecule has 1 aromatic heterocycles. The van der Waals surface area contributed by atoms with Gasteiger partial charge in [0.2, 0.25) is 0 Å². The van der Waals surface area contributed by atoms with Gasteiger partial charge in [-0.2, -0.15) is 0 Å². The number of hydrogen-bond donors (Lipinski definition) is 1. The smallest absolute Gasteiger partial charge is 0.175 e. The Kier molecular flexibility index (Phi) is 4.11. The second kappa shape index (κ2) is 5.50. The highest BCUT2D eigenvalue weighted by Gasteiger charge is 2.14. The van der Waals surface area contributed by atoms with Gasteiger partial charge in [-0.1, -0.05) is 11.6 Å². The lowest BCUT2D eigenvalue weighted by Gasteiger charge is -2.15. The van der Waals surface area contributed by atoms with Crippen LogP contribution >= 0.6 is 11.6 Å². The molecule has 2 aromatic rings. The molecule has 1 heterocycles. The molecular weight excluding hydrogens is 298 g/mol. The van der Waals surface area contributed by atoms with Crippen LogP contribution in [-0.2, 0) is 9.84 Å². The molecule has 6 heteroatoms. The van der Waals surface area contributed by atoms with Crippen LogP contribution in [0.5, 0.6) is 0 Å². The van der Waals surface area contributed by atoms with Crippen LogP contribution < -0.4 is 5.32 Å². The number of rotatable bonds is 4. The number of nitrogens with one attached hydrogen (secondary N) is 1. The van der Waals surface area contributed by atoms with E-state index in [1.165, 1.54) is 18.4 Å². The van der Waals surface area contributed by atoms with Crippen molar-refractivity contribution in [3.8, 4) is 0 Å². The zero-order chi connectivity index (χ0) is 14.9. The average molecular weight is 314 g/mol. The van der Waals surface area contributed by atoms with E-state index in [0.717, 1.165) is 11.5 Å². The van der Waals surface area contributed by atoms with Crippen LogP contribution in [0.4, 0.5) is 5.69 Å². The average Bonchev–Trinajstić information content (AvgIpc) is 2.77. The number of aryl methyl sites for hydroxylation is 1. The molecule has 4 nitrogen and oxygen atoms in total. The Morgan fingerprint density at radius 2 is 1.95 bits per heavy atom. The molecule has 2 rings (SSSR count). The van der Waals surface area contributed by atoms with Gasteiger partial charge in [0.05, 0.1) is 21.6 Å². The minimum Gasteiger partial charge on any atom is -0.464 e. The van der Waals surface area contributed by atoms with Gasteiger partial charge >= 0.3 is 0 Å². The molecule has 0 spiro atoms. The van der Waals surface area contributed by atoms with Crippen molar-refractivity contribution in [1.29, 1.82) is 0 Å². The standard InChI is InChI=1S/C14H16ClNO3S/c1-9-4-7-14(19-9)10(2)16-13-8-11(20(3,17)18)5-6-12(13)15/h4-8,10,16H,1-3H3. The molecule has 0 fully saturated rings. The second-order valence-corrected chi connectivity index (χ2v) is 7.15. The van der Waals surface area contributed by atoms with Crippen LogP contribution in [0.15, 0.2) is 39.6 Å². The fourth-order valence-corrected chi connectivity index (χ4v) is 2.66. The summed E-state index contributed by atoms with van der Waals surface area (Å²) >= 11 is 6.10. The van der Waals surface area contributed by atoms with Crippen LogP contribution in [0.1, 0.15) is 24.5 Å². The van der Waals surface area contributed by atoms with Crippen molar-refractivity contribution in [3.63, 3.8) is 0 Å². The Morgan fingerprint density at radius 1 is 1.25 bits per heavy atom. The SMILES string of the molecule is Cc1ccc(C(C)Nc2cc(S(C)(=O)=O)ccc2Cl)o1. The van der Waals surface area contributed by atoms with Crippen molar-refractivity contribution in [2.75, 3.05) is 11.6 Å². The minimum absolute atomic E-state index is 0.115. The molecule has 0 aliphatic rings. The van der Waals surface area contributed by atoms with Gasteiger partial charge in [0, 0.05) is 6.26 Å². The molecule has 0 aliphatic heterocycles. The molecule has 108 valence electrons. The first-order chi connectivity index (χ1) is 9.27. The van der Waals surface area contributed by atoms with Crippen molar-refractivity contribution in [3.05, 3.63) is 46.9 Å². The monoisotopic (exact) mass is 313 g/mol. The summed E-state index contributed by atoms with van der Waals surface area (Å²) in [7, 11) is -3.26. The lowest BCUT2D eigenvalue weighted by molar-refractivity contribution is 0.467. The van der Waals surface area contributed by atoms with E-state index in [1.807, 2.05) is 26.0 Å². The van der Waals surface area contributed by atoms with E-state index in [2.05, 4.69) is 5.32 Å². The van der Waals surface area contributed by atoms with E-state index in [-0.39, 0.29) is 10.9 Å². The number of sulfone groups is 1. The van der Waals surface area contributed by atoms with Gasteiger partial charge in [0.25, 0.3) is 0 Å². The maximum atomic E-state index is 11.6. The van der Waals surface area contributed by atoms with Gasteiger partial charge in [-0.3, -0.25) is 0 Å². The minimum atomic E-state index is -3.26. The predicted molar refractivity (Wildman–Crippen MR) is 80.0 cm³/mol. The lowest BCUT2D eigenvalue weighted by Crippen LogP contribution is -2.07. The van der Waals surface area contributed by atoms with Crippen LogP contribution in [0.3, 0.4) is 0 Å². The molecule has 0 radical (unpaired) electrons. The molecular formula is C14H16ClNO3S. The fourth-order valence-electron chi connectivity index (χ4n) is 1.84. The Hall–Kier alpha value is -1.46. The fraction of sp³-hybridized carbons (Fsp3) is 0.286. The molecule has 1 unspecified atom stereocenters. The third-order valence-electron chi connectivity index (χ3n) is 2.93. The van der Waals surface area contributed by atoms with Gasteiger partial charge in [-0.15, -0.1) is 0 Å². The molecule has 1 N–H and O–H groups in total. The molecule has 0 bridgehead atoms. The topological polar surface area (TPSA) is 59.3 Å². The van der Waals surface area contributed by atoms with Crippen molar-refractivity contribution in [2.45, 2.75) is 24.8 Å². The summed E-state index contributed by atoms with van der Waals surface area (Å²) < 4.78 is 28.7. The van der Waals surface area contributed by atoms with Crippen LogP contribution in [0.25, 0.3) is 0 Å². The Bertz CT molecular complexity index is 722. The van der Waals surface area contributed by atoms with Crippen molar-refractivity contribution < 1.29 is 12.8 Å². The summed E-state index contributed by atoms with van der Waals surface area (Å²) in [6.45, 7) is 3.79. The number of benzene rings is 1. The summed E-state index contributed by atoms with van der Waals surface area (Å²) in [4.78, 5) is 0.229. The Morgan fingerprint density at radius 3 is 2.50 bits per heavy atom. The van der Waals surface area contributed by atoms with Gasteiger partial charge in [-0.05, 0) is 44.2 Å². The van der Waals surface area contributed by atoms with Gasteiger partial charge in [0.15, 0.2) is 9.84 Å². The largest absolute Gasteiger partial charge is 0.464 e. The van der Waals surface area contributed by atoms with Gasteiger partial charge < -0.3 is 9.73 Å².